The van der Waals surface area contributed by atoms with Crippen molar-refractivity contribution in [2.75, 3.05) is 0 Å². The number of para-hydroxylation sites is 4. The molecule has 0 radical (unpaired) electrons. The molecule has 3 aromatic heterocycles. The molecule has 5 heteroatoms. The van der Waals surface area contributed by atoms with E-state index in [-0.39, 0.29) is 0 Å². The van der Waals surface area contributed by atoms with E-state index in [0.717, 1.165) is 106 Å². The van der Waals surface area contributed by atoms with Crippen molar-refractivity contribution in [1.29, 1.82) is 0 Å². The number of aromatic nitrogens is 5. The summed E-state index contributed by atoms with van der Waals surface area (Å²) in [4.78, 5) is 15.9. The number of rotatable bonds is 11. The molecular formula is C88H57N5. The molecular weight excluding hydrogens is 1130 g/mol. The van der Waals surface area contributed by atoms with Crippen LogP contribution >= 0.6 is 0 Å². The molecule has 0 saturated carbocycles. The number of benzene rings is 14. The van der Waals surface area contributed by atoms with E-state index in [0.29, 0.717) is 17.5 Å². The third kappa shape index (κ3) is 8.96. The lowest BCUT2D eigenvalue weighted by Crippen LogP contribution is -2.29. The highest BCUT2D eigenvalue weighted by Gasteiger charge is 2.47. The SMILES string of the molecule is c1ccc(-c2cc(-c3ccc4c(c3)c3ccccc3n4-c3ccccc3)cc(C3(c4cc(-c5ccccc5)cc(-c5ccc6c(c5)c5ccccc5n6-c5ccccc5)c4)c4ccccc4-c4ccc(-c5nc(-c6ccccc6)nc(-c6ccccc6)n5)cc43)c2)cc1. The van der Waals surface area contributed by atoms with E-state index in [1.807, 2.05) is 36.4 Å². The molecule has 3 heterocycles. The predicted molar refractivity (Wildman–Crippen MR) is 384 cm³/mol. The molecule has 17 aromatic rings. The Morgan fingerprint density at radius 2 is 0.548 bits per heavy atom. The Morgan fingerprint density at radius 3 is 1.01 bits per heavy atom. The van der Waals surface area contributed by atoms with Crippen LogP contribution < -0.4 is 0 Å². The third-order valence-corrected chi connectivity index (χ3v) is 19.0. The van der Waals surface area contributed by atoms with Crippen LogP contribution in [0.1, 0.15) is 22.3 Å². The number of nitrogens with zero attached hydrogens (tertiary/aromatic N) is 5. The van der Waals surface area contributed by atoms with Gasteiger partial charge in [0.2, 0.25) is 0 Å². The van der Waals surface area contributed by atoms with Crippen molar-refractivity contribution in [3.05, 3.63) is 368 Å². The number of hydrogen-bond acceptors (Lipinski definition) is 3. The Kier molecular flexibility index (Phi) is 12.7. The maximum Gasteiger partial charge on any atom is 0.164 e. The van der Waals surface area contributed by atoms with Gasteiger partial charge in [-0.05, 0) is 181 Å². The molecule has 14 aromatic carbocycles. The van der Waals surface area contributed by atoms with Gasteiger partial charge in [0.05, 0.1) is 27.5 Å². The van der Waals surface area contributed by atoms with Crippen molar-refractivity contribution in [3.8, 4) is 101 Å². The summed E-state index contributed by atoms with van der Waals surface area (Å²) in [6.45, 7) is 0. The van der Waals surface area contributed by atoms with E-state index in [1.54, 1.807) is 0 Å². The van der Waals surface area contributed by atoms with Crippen LogP contribution in [-0.2, 0) is 5.41 Å². The van der Waals surface area contributed by atoms with Crippen LogP contribution in [-0.4, -0.2) is 24.1 Å². The Bertz CT molecular complexity index is 5420. The molecule has 93 heavy (non-hydrogen) atoms. The van der Waals surface area contributed by atoms with Crippen molar-refractivity contribution in [1.82, 2.24) is 24.1 Å². The summed E-state index contributed by atoms with van der Waals surface area (Å²) in [5.41, 5.74) is 24.6. The van der Waals surface area contributed by atoms with Gasteiger partial charge in [-0.15, -0.1) is 0 Å². The van der Waals surface area contributed by atoms with Crippen LogP contribution in [0.15, 0.2) is 346 Å². The fourth-order valence-corrected chi connectivity index (χ4v) is 14.8. The smallest absolute Gasteiger partial charge is 0.164 e. The van der Waals surface area contributed by atoms with Crippen molar-refractivity contribution in [3.63, 3.8) is 0 Å². The van der Waals surface area contributed by atoms with Gasteiger partial charge in [-0.3, -0.25) is 0 Å². The second-order valence-corrected chi connectivity index (χ2v) is 24.3. The van der Waals surface area contributed by atoms with Crippen LogP contribution in [0.2, 0.25) is 0 Å². The molecule has 0 atom stereocenters. The summed E-state index contributed by atoms with van der Waals surface area (Å²) in [6.07, 6.45) is 0. The minimum absolute atomic E-state index is 0.596. The fraction of sp³-hybridized carbons (Fsp3) is 0.0114. The zero-order valence-electron chi connectivity index (χ0n) is 50.6. The van der Waals surface area contributed by atoms with Crippen LogP contribution in [0.5, 0.6) is 0 Å². The highest BCUT2D eigenvalue weighted by molar-refractivity contribution is 6.12. The van der Waals surface area contributed by atoms with Gasteiger partial charge in [0.1, 0.15) is 0 Å². The molecule has 5 nitrogen and oxygen atoms in total. The van der Waals surface area contributed by atoms with Gasteiger partial charge < -0.3 is 9.13 Å². The average Bonchev–Trinajstić information content (AvgIpc) is 1.56. The Hall–Kier alpha value is -12.3. The minimum atomic E-state index is -0.945. The first-order valence-electron chi connectivity index (χ1n) is 31.8. The average molecular weight is 1180 g/mol. The monoisotopic (exact) mass is 1180 g/mol. The van der Waals surface area contributed by atoms with Gasteiger partial charge >= 0.3 is 0 Å². The van der Waals surface area contributed by atoms with Crippen LogP contribution in [0.25, 0.3) is 145 Å². The van der Waals surface area contributed by atoms with Crippen LogP contribution in [0.4, 0.5) is 0 Å². The first kappa shape index (κ1) is 53.7. The third-order valence-electron chi connectivity index (χ3n) is 19.0. The molecule has 0 fully saturated rings. The lowest BCUT2D eigenvalue weighted by Gasteiger charge is -2.35. The standard InChI is InChI=1S/C88H57N5/c1-7-25-58(26-8-1)65-49-67(62-44-47-83-77(55-62)75-38-20-23-41-81(75)92(83)71-33-15-5-16-34-71)53-69(51-65)88(79-40-22-19-37-73(79)74-46-43-64(57-80(74)88)87-90-85(60-29-11-3-12-30-60)89-86(91-87)61-31-13-4-14-32-61)70-52-66(59-27-9-2-10-28-59)50-68(54-70)63-45-48-84-78(56-63)76-39-21-24-42-82(76)93(84)72-35-17-6-18-36-72/h1-57H. The van der Waals surface area contributed by atoms with Crippen molar-refractivity contribution >= 4 is 43.6 Å². The lowest BCUT2D eigenvalue weighted by atomic mass is 9.66. The molecule has 18 rings (SSSR count). The molecule has 434 valence electrons. The van der Waals surface area contributed by atoms with Crippen LogP contribution in [0.3, 0.4) is 0 Å². The van der Waals surface area contributed by atoms with E-state index in [4.69, 9.17) is 15.0 Å². The van der Waals surface area contributed by atoms with Gasteiger partial charge in [0, 0.05) is 49.6 Å². The topological polar surface area (TPSA) is 48.5 Å². The molecule has 1 aliphatic carbocycles. The van der Waals surface area contributed by atoms with E-state index in [9.17, 15) is 0 Å². The molecule has 1 aliphatic rings. The molecule has 0 bridgehead atoms. The zero-order valence-corrected chi connectivity index (χ0v) is 50.6. The van der Waals surface area contributed by atoms with Gasteiger partial charge in [0.25, 0.3) is 0 Å². The second kappa shape index (κ2) is 22.0. The maximum absolute atomic E-state index is 5.39. The Labute approximate surface area is 539 Å². The summed E-state index contributed by atoms with van der Waals surface area (Å²) in [5, 5.41) is 4.80. The van der Waals surface area contributed by atoms with Crippen molar-refractivity contribution in [2.24, 2.45) is 0 Å². The van der Waals surface area contributed by atoms with E-state index in [2.05, 4.69) is 319 Å². The van der Waals surface area contributed by atoms with Gasteiger partial charge in [-0.1, -0.05) is 243 Å². The summed E-state index contributed by atoms with van der Waals surface area (Å²) in [7, 11) is 0. The normalized spacial score (nSPS) is 12.4. The lowest BCUT2D eigenvalue weighted by molar-refractivity contribution is 0.770. The van der Waals surface area contributed by atoms with Gasteiger partial charge in [0.15, 0.2) is 17.5 Å². The van der Waals surface area contributed by atoms with Gasteiger partial charge in [-0.25, -0.2) is 15.0 Å². The Morgan fingerprint density at radius 1 is 0.204 bits per heavy atom. The quantitative estimate of drug-likeness (QED) is 0.130. The van der Waals surface area contributed by atoms with Crippen molar-refractivity contribution in [2.45, 2.75) is 5.41 Å². The largest absolute Gasteiger partial charge is 0.309 e. The summed E-state index contributed by atoms with van der Waals surface area (Å²) < 4.78 is 4.79. The van der Waals surface area contributed by atoms with Crippen molar-refractivity contribution < 1.29 is 0 Å². The second-order valence-electron chi connectivity index (χ2n) is 24.3. The number of fused-ring (bicyclic) bond motifs is 9. The van der Waals surface area contributed by atoms with Gasteiger partial charge in [-0.2, -0.15) is 0 Å². The maximum atomic E-state index is 5.39. The Balaban J connectivity index is 0.943. The molecule has 0 amide bonds. The minimum Gasteiger partial charge on any atom is -0.309 e. The fourth-order valence-electron chi connectivity index (χ4n) is 14.8. The van der Waals surface area contributed by atoms with E-state index >= 15 is 0 Å². The highest BCUT2D eigenvalue weighted by Crippen LogP contribution is 2.59. The zero-order chi connectivity index (χ0) is 61.4. The van der Waals surface area contributed by atoms with E-state index < -0.39 is 5.41 Å². The molecule has 0 unspecified atom stereocenters. The first-order valence-corrected chi connectivity index (χ1v) is 31.8. The summed E-state index contributed by atoms with van der Waals surface area (Å²) in [5.74, 6) is 1.82. The van der Waals surface area contributed by atoms with Crippen LogP contribution in [0, 0.1) is 0 Å². The van der Waals surface area contributed by atoms with E-state index in [1.165, 1.54) is 43.7 Å². The molecule has 0 spiro atoms. The predicted octanol–water partition coefficient (Wildman–Crippen LogP) is 22.1. The number of hydrogen-bond donors (Lipinski definition) is 0. The molecule has 0 saturated heterocycles. The summed E-state index contributed by atoms with van der Waals surface area (Å²) in [6, 6.07) is 126. The molecule has 0 aliphatic heterocycles. The molecule has 0 N–H and O–H groups in total. The summed E-state index contributed by atoms with van der Waals surface area (Å²) >= 11 is 0. The first-order chi connectivity index (χ1) is 46.1. The highest BCUT2D eigenvalue weighted by atomic mass is 15.0.